The zero-order chi connectivity index (χ0) is 11.3. The number of carbonyl (C=O) groups excluding carboxylic acids is 2. The molecule has 0 spiro atoms. The lowest BCUT2D eigenvalue weighted by molar-refractivity contribution is -0.128. The predicted octanol–water partition coefficient (Wildman–Crippen LogP) is -0.621. The van der Waals surface area contributed by atoms with Gasteiger partial charge in [-0.1, -0.05) is 0 Å². The van der Waals surface area contributed by atoms with E-state index in [9.17, 15) is 9.59 Å². The second-order valence-corrected chi connectivity index (χ2v) is 3.97. The van der Waals surface area contributed by atoms with Gasteiger partial charge in [-0.2, -0.15) is 0 Å². The van der Waals surface area contributed by atoms with E-state index in [2.05, 4.69) is 16.0 Å². The van der Waals surface area contributed by atoms with Gasteiger partial charge in [0.15, 0.2) is 0 Å². The Morgan fingerprint density at radius 1 is 1.47 bits per heavy atom. The van der Waals surface area contributed by atoms with Crippen molar-refractivity contribution in [3.8, 4) is 0 Å². The maximum Gasteiger partial charge on any atom is 0.242 e. The highest BCUT2D eigenvalue weighted by Gasteiger charge is 2.19. The van der Waals surface area contributed by atoms with Crippen LogP contribution in [0.4, 0.5) is 0 Å². The van der Waals surface area contributed by atoms with Gasteiger partial charge in [-0.25, -0.2) is 0 Å². The van der Waals surface area contributed by atoms with Crippen molar-refractivity contribution in [2.24, 2.45) is 0 Å². The smallest absolute Gasteiger partial charge is 0.242 e. The Labute approximate surface area is 90.0 Å². The molecule has 86 valence electrons. The van der Waals surface area contributed by atoms with Crippen LogP contribution in [0.3, 0.4) is 0 Å². The van der Waals surface area contributed by atoms with E-state index in [0.29, 0.717) is 0 Å². The minimum atomic E-state index is -0.454. The summed E-state index contributed by atoms with van der Waals surface area (Å²) in [7, 11) is 0. The molecule has 0 aromatic heterocycles. The van der Waals surface area contributed by atoms with Crippen molar-refractivity contribution >= 4 is 11.8 Å². The van der Waals surface area contributed by atoms with Gasteiger partial charge in [0.05, 0.1) is 0 Å². The van der Waals surface area contributed by atoms with E-state index >= 15 is 0 Å². The molecule has 2 atom stereocenters. The topological polar surface area (TPSA) is 70.2 Å². The second-order valence-electron chi connectivity index (χ2n) is 3.97. The molecule has 1 rings (SSSR count). The molecule has 1 unspecified atom stereocenters. The summed E-state index contributed by atoms with van der Waals surface area (Å²) < 4.78 is 0. The first-order valence-corrected chi connectivity index (χ1v) is 5.38. The van der Waals surface area contributed by atoms with E-state index in [1.54, 1.807) is 6.92 Å². The molecule has 0 saturated carbocycles. The third-order valence-corrected chi connectivity index (χ3v) is 2.46. The standard InChI is InChI=1S/C10H19N3O2/c1-7(12-8(2)14)10(15)13-9-4-3-5-11-6-9/h7,9,11H,3-6H2,1-2H3,(H,12,14)(H,13,15)/t7?,9-/m0/s1. The van der Waals surface area contributed by atoms with Crippen molar-refractivity contribution < 1.29 is 9.59 Å². The van der Waals surface area contributed by atoms with Crippen LogP contribution >= 0.6 is 0 Å². The Kier molecular flexibility index (Phi) is 4.55. The third kappa shape index (κ3) is 4.29. The van der Waals surface area contributed by atoms with Gasteiger partial charge in [-0.3, -0.25) is 9.59 Å². The highest BCUT2D eigenvalue weighted by atomic mass is 16.2. The van der Waals surface area contributed by atoms with Crippen molar-refractivity contribution in [2.75, 3.05) is 13.1 Å². The molecule has 0 radical (unpaired) electrons. The number of hydrogen-bond acceptors (Lipinski definition) is 3. The molecule has 2 amide bonds. The molecule has 0 aliphatic carbocycles. The van der Waals surface area contributed by atoms with Crippen LogP contribution in [0.5, 0.6) is 0 Å². The predicted molar refractivity (Wildman–Crippen MR) is 57.3 cm³/mol. The van der Waals surface area contributed by atoms with E-state index in [1.807, 2.05) is 0 Å². The minimum Gasteiger partial charge on any atom is -0.350 e. The number of amides is 2. The molecule has 1 aliphatic heterocycles. The van der Waals surface area contributed by atoms with E-state index in [-0.39, 0.29) is 17.9 Å². The van der Waals surface area contributed by atoms with Crippen LogP contribution in [0.2, 0.25) is 0 Å². The summed E-state index contributed by atoms with van der Waals surface area (Å²) in [5, 5.41) is 8.69. The van der Waals surface area contributed by atoms with Crippen LogP contribution in [-0.4, -0.2) is 37.0 Å². The van der Waals surface area contributed by atoms with E-state index in [0.717, 1.165) is 25.9 Å². The molecule has 1 saturated heterocycles. The van der Waals surface area contributed by atoms with Crippen molar-refractivity contribution in [2.45, 2.75) is 38.8 Å². The van der Waals surface area contributed by atoms with Gasteiger partial charge in [0, 0.05) is 19.5 Å². The van der Waals surface area contributed by atoms with Gasteiger partial charge in [0.1, 0.15) is 6.04 Å². The van der Waals surface area contributed by atoms with Gasteiger partial charge >= 0.3 is 0 Å². The first-order chi connectivity index (χ1) is 7.09. The maximum atomic E-state index is 11.6. The Hall–Kier alpha value is -1.10. The molecule has 5 heteroatoms. The van der Waals surface area contributed by atoms with Crippen molar-refractivity contribution in [3.05, 3.63) is 0 Å². The third-order valence-electron chi connectivity index (χ3n) is 2.46. The van der Waals surface area contributed by atoms with Gasteiger partial charge in [-0.15, -0.1) is 0 Å². The normalized spacial score (nSPS) is 22.9. The van der Waals surface area contributed by atoms with Crippen LogP contribution in [0.25, 0.3) is 0 Å². The molecular weight excluding hydrogens is 194 g/mol. The van der Waals surface area contributed by atoms with Crippen LogP contribution in [0.1, 0.15) is 26.7 Å². The summed E-state index contributed by atoms with van der Waals surface area (Å²) in [6.45, 7) is 4.94. The highest BCUT2D eigenvalue weighted by molar-refractivity contribution is 5.86. The zero-order valence-electron chi connectivity index (χ0n) is 9.30. The maximum absolute atomic E-state index is 11.6. The van der Waals surface area contributed by atoms with Crippen molar-refractivity contribution in [3.63, 3.8) is 0 Å². The lowest BCUT2D eigenvalue weighted by atomic mass is 10.1. The van der Waals surface area contributed by atoms with Gasteiger partial charge in [0.2, 0.25) is 11.8 Å². The molecule has 1 aliphatic rings. The summed E-state index contributed by atoms with van der Waals surface area (Å²) in [5.74, 6) is -0.293. The number of piperidine rings is 1. The van der Waals surface area contributed by atoms with Crippen molar-refractivity contribution in [1.82, 2.24) is 16.0 Å². The lowest BCUT2D eigenvalue weighted by Gasteiger charge is -2.25. The Morgan fingerprint density at radius 2 is 2.20 bits per heavy atom. The number of rotatable bonds is 3. The fraction of sp³-hybridized carbons (Fsp3) is 0.800. The van der Waals surface area contributed by atoms with E-state index in [1.165, 1.54) is 6.92 Å². The van der Waals surface area contributed by atoms with E-state index in [4.69, 9.17) is 0 Å². The molecule has 15 heavy (non-hydrogen) atoms. The first-order valence-electron chi connectivity index (χ1n) is 5.38. The van der Waals surface area contributed by atoms with Gasteiger partial charge in [0.25, 0.3) is 0 Å². The molecule has 0 aromatic rings. The van der Waals surface area contributed by atoms with Crippen LogP contribution in [-0.2, 0) is 9.59 Å². The monoisotopic (exact) mass is 213 g/mol. The number of carbonyl (C=O) groups is 2. The summed E-state index contributed by atoms with van der Waals surface area (Å²) in [6.07, 6.45) is 2.09. The van der Waals surface area contributed by atoms with Crippen LogP contribution < -0.4 is 16.0 Å². The number of nitrogens with one attached hydrogen (secondary N) is 3. The fourth-order valence-corrected chi connectivity index (χ4v) is 1.67. The van der Waals surface area contributed by atoms with Crippen LogP contribution in [0.15, 0.2) is 0 Å². The van der Waals surface area contributed by atoms with E-state index < -0.39 is 6.04 Å². The second kappa shape index (κ2) is 5.70. The Bertz CT molecular complexity index is 237. The first kappa shape index (κ1) is 12.0. The highest BCUT2D eigenvalue weighted by Crippen LogP contribution is 2.01. The fourth-order valence-electron chi connectivity index (χ4n) is 1.67. The summed E-state index contributed by atoms with van der Waals surface area (Å²) in [6, 6.07) is -0.258. The van der Waals surface area contributed by atoms with Gasteiger partial charge in [-0.05, 0) is 26.3 Å². The molecule has 1 heterocycles. The molecule has 3 N–H and O–H groups in total. The SMILES string of the molecule is CC(=O)NC(C)C(=O)N[C@H]1CCCNC1. The van der Waals surface area contributed by atoms with Crippen molar-refractivity contribution in [1.29, 1.82) is 0 Å². The molecule has 0 aromatic carbocycles. The minimum absolute atomic E-state index is 0.112. The van der Waals surface area contributed by atoms with Crippen LogP contribution in [0, 0.1) is 0 Å². The molecular formula is C10H19N3O2. The summed E-state index contributed by atoms with van der Waals surface area (Å²) in [5.41, 5.74) is 0. The quantitative estimate of drug-likeness (QED) is 0.585. The average molecular weight is 213 g/mol. The Morgan fingerprint density at radius 3 is 2.73 bits per heavy atom. The average Bonchev–Trinajstić information content (AvgIpc) is 2.18. The Balaban J connectivity index is 2.30. The molecule has 5 nitrogen and oxygen atoms in total. The summed E-state index contributed by atoms with van der Waals surface area (Å²) >= 11 is 0. The lowest BCUT2D eigenvalue weighted by Crippen LogP contribution is -2.51. The number of hydrogen-bond donors (Lipinski definition) is 3. The van der Waals surface area contributed by atoms with Gasteiger partial charge < -0.3 is 16.0 Å². The molecule has 1 fully saturated rings. The largest absolute Gasteiger partial charge is 0.350 e. The summed E-state index contributed by atoms with van der Waals surface area (Å²) in [4.78, 5) is 22.3. The molecule has 0 bridgehead atoms. The zero-order valence-corrected chi connectivity index (χ0v) is 9.30.